The van der Waals surface area contributed by atoms with Gasteiger partial charge in [0.05, 0.1) is 23.9 Å². The van der Waals surface area contributed by atoms with Gasteiger partial charge in [-0.1, -0.05) is 44.2 Å². The van der Waals surface area contributed by atoms with Crippen LogP contribution < -0.4 is 0 Å². The minimum absolute atomic E-state index is 0.0512. The number of aliphatic hydroxyl groups excluding tert-OH is 2. The van der Waals surface area contributed by atoms with Crippen LogP contribution in [0.4, 0.5) is 0 Å². The average molecular weight is 315 g/mol. The lowest BCUT2D eigenvalue weighted by molar-refractivity contribution is -0.116. The maximum absolute atomic E-state index is 12.6. The third-order valence-corrected chi connectivity index (χ3v) is 4.35. The SMILES string of the molecule is CC/C(O)=C1\C(=O)CC(c2ccccc2)CC1=NC(CC)CO. The second-order valence-electron chi connectivity index (χ2n) is 5.93. The summed E-state index contributed by atoms with van der Waals surface area (Å²) >= 11 is 0. The Morgan fingerprint density at radius 3 is 2.52 bits per heavy atom. The first kappa shape index (κ1) is 17.4. The first-order valence-corrected chi connectivity index (χ1v) is 8.28. The number of Topliss-reactive ketones (excluding diaryl/α,β-unsaturated/α-hetero) is 1. The summed E-state index contributed by atoms with van der Waals surface area (Å²) < 4.78 is 0. The van der Waals surface area contributed by atoms with Gasteiger partial charge in [0.25, 0.3) is 0 Å². The maximum Gasteiger partial charge on any atom is 0.168 e. The van der Waals surface area contributed by atoms with Crippen molar-refractivity contribution in [2.45, 2.75) is 51.5 Å². The highest BCUT2D eigenvalue weighted by molar-refractivity contribution is 6.24. The van der Waals surface area contributed by atoms with Crippen LogP contribution in [-0.4, -0.2) is 34.4 Å². The van der Waals surface area contributed by atoms with E-state index in [2.05, 4.69) is 4.99 Å². The minimum Gasteiger partial charge on any atom is -0.512 e. The number of carbonyl (C=O) groups is 1. The molecule has 0 spiro atoms. The first-order chi connectivity index (χ1) is 11.1. The number of nitrogens with zero attached hydrogens (tertiary/aromatic N) is 1. The quantitative estimate of drug-likeness (QED) is 0.644. The second kappa shape index (κ2) is 8.06. The monoisotopic (exact) mass is 315 g/mol. The molecule has 0 aromatic heterocycles. The molecule has 1 aromatic rings. The second-order valence-corrected chi connectivity index (χ2v) is 5.93. The molecule has 2 N–H and O–H groups in total. The predicted octanol–water partition coefficient (Wildman–Crippen LogP) is 3.57. The fraction of sp³-hybridized carbons (Fsp3) is 0.474. The van der Waals surface area contributed by atoms with Crippen molar-refractivity contribution < 1.29 is 15.0 Å². The average Bonchev–Trinajstić information content (AvgIpc) is 2.59. The summed E-state index contributed by atoms with van der Waals surface area (Å²) in [6.07, 6.45) is 2.11. The molecule has 0 saturated heterocycles. The molecule has 0 radical (unpaired) electrons. The van der Waals surface area contributed by atoms with E-state index in [9.17, 15) is 15.0 Å². The van der Waals surface area contributed by atoms with Crippen molar-refractivity contribution in [2.24, 2.45) is 4.99 Å². The van der Waals surface area contributed by atoms with Crippen LogP contribution in [0.2, 0.25) is 0 Å². The standard InChI is InChI=1S/C19H25NO3/c1-3-15(12-21)20-16-10-14(13-8-6-5-7-9-13)11-18(23)19(16)17(22)4-2/h5-9,14-15,21-22H,3-4,10-12H2,1-2H3/b19-17+,20-16?. The number of aliphatic hydroxyl groups is 2. The zero-order chi connectivity index (χ0) is 16.8. The number of rotatable bonds is 5. The zero-order valence-corrected chi connectivity index (χ0v) is 13.8. The molecular formula is C19H25NO3. The number of benzene rings is 1. The lowest BCUT2D eigenvalue weighted by atomic mass is 9.78. The molecule has 0 amide bonds. The number of hydrogen-bond acceptors (Lipinski definition) is 4. The van der Waals surface area contributed by atoms with Crippen molar-refractivity contribution in [1.29, 1.82) is 0 Å². The van der Waals surface area contributed by atoms with E-state index >= 15 is 0 Å². The Morgan fingerprint density at radius 2 is 1.96 bits per heavy atom. The summed E-state index contributed by atoms with van der Waals surface area (Å²) in [7, 11) is 0. The summed E-state index contributed by atoms with van der Waals surface area (Å²) in [6.45, 7) is 3.72. The molecule has 4 heteroatoms. The lowest BCUT2D eigenvalue weighted by Crippen LogP contribution is -2.28. The smallest absolute Gasteiger partial charge is 0.168 e. The van der Waals surface area contributed by atoms with Gasteiger partial charge in [0.15, 0.2) is 5.78 Å². The Kier molecular flexibility index (Phi) is 6.11. The molecule has 1 aliphatic carbocycles. The van der Waals surface area contributed by atoms with Gasteiger partial charge in [0, 0.05) is 12.8 Å². The Bertz CT molecular complexity index is 600. The Labute approximate surface area is 137 Å². The number of aliphatic imine (C=N–C) groups is 1. The van der Waals surface area contributed by atoms with Crippen LogP contribution in [0, 0.1) is 0 Å². The van der Waals surface area contributed by atoms with E-state index in [0.29, 0.717) is 37.0 Å². The van der Waals surface area contributed by atoms with E-state index in [1.807, 2.05) is 44.2 Å². The van der Waals surface area contributed by atoms with Crippen molar-refractivity contribution in [1.82, 2.24) is 0 Å². The summed E-state index contributed by atoms with van der Waals surface area (Å²) in [6, 6.07) is 9.70. The fourth-order valence-corrected chi connectivity index (χ4v) is 2.96. The van der Waals surface area contributed by atoms with Gasteiger partial charge in [0.1, 0.15) is 5.76 Å². The molecule has 0 bridgehead atoms. The van der Waals surface area contributed by atoms with Crippen LogP contribution in [-0.2, 0) is 4.79 Å². The van der Waals surface area contributed by atoms with Crippen molar-refractivity contribution in [3.8, 4) is 0 Å². The van der Waals surface area contributed by atoms with Crippen LogP contribution in [0.1, 0.15) is 51.0 Å². The molecule has 0 heterocycles. The summed E-state index contributed by atoms with van der Waals surface area (Å²) in [4.78, 5) is 17.2. The van der Waals surface area contributed by atoms with E-state index in [-0.39, 0.29) is 30.1 Å². The fourth-order valence-electron chi connectivity index (χ4n) is 2.96. The third kappa shape index (κ3) is 4.08. The highest BCUT2D eigenvalue weighted by Crippen LogP contribution is 2.33. The largest absolute Gasteiger partial charge is 0.512 e. The molecule has 2 unspecified atom stereocenters. The molecule has 1 aliphatic rings. The molecule has 0 aliphatic heterocycles. The molecule has 124 valence electrons. The van der Waals surface area contributed by atoms with Gasteiger partial charge in [-0.3, -0.25) is 9.79 Å². The first-order valence-electron chi connectivity index (χ1n) is 8.28. The van der Waals surface area contributed by atoms with Crippen LogP contribution in [0.5, 0.6) is 0 Å². The zero-order valence-electron chi connectivity index (χ0n) is 13.8. The van der Waals surface area contributed by atoms with E-state index in [0.717, 1.165) is 5.56 Å². The number of hydrogen-bond donors (Lipinski definition) is 2. The Morgan fingerprint density at radius 1 is 1.26 bits per heavy atom. The minimum atomic E-state index is -0.230. The predicted molar refractivity (Wildman–Crippen MR) is 92.0 cm³/mol. The molecule has 1 saturated carbocycles. The summed E-state index contributed by atoms with van der Waals surface area (Å²) in [5, 5.41) is 19.6. The van der Waals surface area contributed by atoms with E-state index in [1.165, 1.54) is 0 Å². The van der Waals surface area contributed by atoms with Crippen LogP contribution in [0.3, 0.4) is 0 Å². The van der Waals surface area contributed by atoms with Gasteiger partial charge in [-0.2, -0.15) is 0 Å². The normalized spacial score (nSPS) is 23.9. The highest BCUT2D eigenvalue weighted by atomic mass is 16.3. The highest BCUT2D eigenvalue weighted by Gasteiger charge is 2.32. The van der Waals surface area contributed by atoms with E-state index < -0.39 is 0 Å². The molecule has 2 atom stereocenters. The Balaban J connectivity index is 2.40. The topological polar surface area (TPSA) is 69.9 Å². The van der Waals surface area contributed by atoms with Crippen LogP contribution >= 0.6 is 0 Å². The molecule has 4 nitrogen and oxygen atoms in total. The summed E-state index contributed by atoms with van der Waals surface area (Å²) in [5.74, 6) is 0.121. The van der Waals surface area contributed by atoms with Gasteiger partial charge >= 0.3 is 0 Å². The van der Waals surface area contributed by atoms with Crippen LogP contribution in [0.15, 0.2) is 46.7 Å². The number of ketones is 1. The van der Waals surface area contributed by atoms with Gasteiger partial charge < -0.3 is 10.2 Å². The third-order valence-electron chi connectivity index (χ3n) is 4.35. The number of carbonyl (C=O) groups excluding carboxylic acids is 1. The van der Waals surface area contributed by atoms with E-state index in [1.54, 1.807) is 0 Å². The van der Waals surface area contributed by atoms with Crippen LogP contribution in [0.25, 0.3) is 0 Å². The Hall–Kier alpha value is -1.94. The van der Waals surface area contributed by atoms with Crippen molar-refractivity contribution in [3.05, 3.63) is 47.2 Å². The van der Waals surface area contributed by atoms with Crippen molar-refractivity contribution >= 4 is 11.5 Å². The molecule has 2 rings (SSSR count). The van der Waals surface area contributed by atoms with Gasteiger partial charge in [-0.05, 0) is 24.3 Å². The van der Waals surface area contributed by atoms with Gasteiger partial charge in [0.2, 0.25) is 0 Å². The summed E-state index contributed by atoms with van der Waals surface area (Å²) in [5.41, 5.74) is 2.11. The van der Waals surface area contributed by atoms with Gasteiger partial charge in [-0.15, -0.1) is 0 Å². The maximum atomic E-state index is 12.6. The molecule has 1 fully saturated rings. The van der Waals surface area contributed by atoms with E-state index in [4.69, 9.17) is 0 Å². The molecule has 23 heavy (non-hydrogen) atoms. The molecular weight excluding hydrogens is 290 g/mol. The van der Waals surface area contributed by atoms with Crippen molar-refractivity contribution in [2.75, 3.05) is 6.61 Å². The lowest BCUT2D eigenvalue weighted by Gasteiger charge is -2.26. The molecule has 1 aromatic carbocycles. The van der Waals surface area contributed by atoms with Gasteiger partial charge in [-0.25, -0.2) is 0 Å². The van der Waals surface area contributed by atoms with Crippen molar-refractivity contribution in [3.63, 3.8) is 0 Å². The number of allylic oxidation sites excluding steroid dienone is 2.